The molecule has 2 amide bonds. The number of hydrogen-bond donors (Lipinski definition) is 1. The normalized spacial score (nSPS) is 33.8. The Morgan fingerprint density at radius 1 is 1.39 bits per heavy atom. The zero-order chi connectivity index (χ0) is 13.3. The van der Waals surface area contributed by atoms with Crippen molar-refractivity contribution in [3.05, 3.63) is 0 Å². The summed E-state index contributed by atoms with van der Waals surface area (Å²) in [5.41, 5.74) is 0. The first kappa shape index (κ1) is 13.3. The van der Waals surface area contributed by atoms with Gasteiger partial charge in [0, 0.05) is 19.1 Å². The Balaban J connectivity index is 2.23. The van der Waals surface area contributed by atoms with Gasteiger partial charge in [-0.2, -0.15) is 0 Å². The third-order valence-electron chi connectivity index (χ3n) is 3.76. The molecule has 0 saturated carbocycles. The van der Waals surface area contributed by atoms with Gasteiger partial charge >= 0.3 is 0 Å². The molecule has 2 fully saturated rings. The first-order valence-corrected chi connectivity index (χ1v) is 6.70. The lowest BCUT2D eigenvalue weighted by Crippen LogP contribution is -2.52. The standard InChI is InChI=1S/C13H22N2O3/c1-8(2)12-13(17)15(10-4-5-18-7-10)9(3)6-11(16)14-12/h8-10,12H,4-7H2,1-3H3,(H,14,16). The summed E-state index contributed by atoms with van der Waals surface area (Å²) >= 11 is 0. The Kier molecular flexibility index (Phi) is 3.90. The average Bonchev–Trinajstić information content (AvgIpc) is 2.75. The Labute approximate surface area is 108 Å². The average molecular weight is 254 g/mol. The zero-order valence-electron chi connectivity index (χ0n) is 11.3. The Morgan fingerprint density at radius 2 is 2.11 bits per heavy atom. The maximum atomic E-state index is 12.6. The van der Waals surface area contributed by atoms with E-state index in [0.717, 1.165) is 6.42 Å². The van der Waals surface area contributed by atoms with Gasteiger partial charge in [-0.15, -0.1) is 0 Å². The van der Waals surface area contributed by atoms with Crippen LogP contribution in [0.3, 0.4) is 0 Å². The van der Waals surface area contributed by atoms with Gasteiger partial charge in [-0.1, -0.05) is 13.8 Å². The lowest BCUT2D eigenvalue weighted by molar-refractivity contribution is -0.138. The maximum absolute atomic E-state index is 12.6. The molecule has 2 aliphatic heterocycles. The molecule has 2 saturated heterocycles. The largest absolute Gasteiger partial charge is 0.379 e. The van der Waals surface area contributed by atoms with Crippen LogP contribution in [0, 0.1) is 5.92 Å². The minimum Gasteiger partial charge on any atom is -0.379 e. The topological polar surface area (TPSA) is 58.6 Å². The van der Waals surface area contributed by atoms with Crippen molar-refractivity contribution in [2.45, 2.75) is 51.7 Å². The van der Waals surface area contributed by atoms with Crippen LogP contribution in [0.25, 0.3) is 0 Å². The highest BCUT2D eigenvalue weighted by atomic mass is 16.5. The summed E-state index contributed by atoms with van der Waals surface area (Å²) < 4.78 is 5.37. The third-order valence-corrected chi connectivity index (χ3v) is 3.76. The zero-order valence-corrected chi connectivity index (χ0v) is 11.3. The molecule has 0 bridgehead atoms. The summed E-state index contributed by atoms with van der Waals surface area (Å²) in [5, 5.41) is 2.84. The summed E-state index contributed by atoms with van der Waals surface area (Å²) in [5.74, 6) is 0.117. The quantitative estimate of drug-likeness (QED) is 0.782. The van der Waals surface area contributed by atoms with Crippen LogP contribution < -0.4 is 5.32 Å². The molecular formula is C13H22N2O3. The number of amides is 2. The van der Waals surface area contributed by atoms with Crippen LogP contribution in [0.2, 0.25) is 0 Å². The van der Waals surface area contributed by atoms with Gasteiger partial charge in [0.05, 0.1) is 12.6 Å². The molecular weight excluding hydrogens is 232 g/mol. The van der Waals surface area contributed by atoms with Gasteiger partial charge in [0.2, 0.25) is 11.8 Å². The van der Waals surface area contributed by atoms with Crippen molar-refractivity contribution in [1.29, 1.82) is 0 Å². The predicted molar refractivity (Wildman–Crippen MR) is 66.9 cm³/mol. The van der Waals surface area contributed by atoms with E-state index in [2.05, 4.69) is 5.32 Å². The Bertz CT molecular complexity index is 337. The number of nitrogens with zero attached hydrogens (tertiary/aromatic N) is 1. The number of hydrogen-bond acceptors (Lipinski definition) is 3. The number of carbonyl (C=O) groups excluding carboxylic acids is 2. The second kappa shape index (κ2) is 5.26. The molecule has 0 aliphatic carbocycles. The Hall–Kier alpha value is -1.10. The van der Waals surface area contributed by atoms with Gasteiger partial charge in [-0.05, 0) is 19.3 Å². The van der Waals surface area contributed by atoms with Gasteiger partial charge in [0.1, 0.15) is 6.04 Å². The van der Waals surface area contributed by atoms with Crippen LogP contribution in [-0.2, 0) is 14.3 Å². The minimum atomic E-state index is -0.400. The SMILES string of the molecule is CC(C)C1NC(=O)CC(C)N(C2CCOC2)C1=O. The molecule has 2 aliphatic rings. The second-order valence-electron chi connectivity index (χ2n) is 5.61. The summed E-state index contributed by atoms with van der Waals surface area (Å²) in [7, 11) is 0. The maximum Gasteiger partial charge on any atom is 0.245 e. The molecule has 0 spiro atoms. The fourth-order valence-corrected chi connectivity index (χ4v) is 2.77. The highest BCUT2D eigenvalue weighted by Gasteiger charge is 2.39. The van der Waals surface area contributed by atoms with Crippen molar-refractivity contribution in [3.8, 4) is 0 Å². The second-order valence-corrected chi connectivity index (χ2v) is 5.61. The van der Waals surface area contributed by atoms with E-state index >= 15 is 0 Å². The molecule has 0 aromatic heterocycles. The van der Waals surface area contributed by atoms with Crippen molar-refractivity contribution in [2.75, 3.05) is 13.2 Å². The highest BCUT2D eigenvalue weighted by Crippen LogP contribution is 2.22. The molecule has 3 atom stereocenters. The first-order valence-electron chi connectivity index (χ1n) is 6.70. The van der Waals surface area contributed by atoms with E-state index in [0.29, 0.717) is 19.6 Å². The van der Waals surface area contributed by atoms with Crippen LogP contribution in [0.4, 0.5) is 0 Å². The fraction of sp³-hybridized carbons (Fsp3) is 0.846. The molecule has 5 nitrogen and oxygen atoms in total. The molecule has 0 radical (unpaired) electrons. The van der Waals surface area contributed by atoms with Crippen LogP contribution in [-0.4, -0.2) is 48.1 Å². The molecule has 102 valence electrons. The van der Waals surface area contributed by atoms with E-state index in [4.69, 9.17) is 4.74 Å². The number of ether oxygens (including phenoxy) is 1. The number of rotatable bonds is 2. The summed E-state index contributed by atoms with van der Waals surface area (Å²) in [6, 6.07) is -0.322. The molecule has 18 heavy (non-hydrogen) atoms. The van der Waals surface area contributed by atoms with E-state index < -0.39 is 6.04 Å². The molecule has 0 aromatic rings. The summed E-state index contributed by atoms with van der Waals surface area (Å²) in [6.45, 7) is 7.16. The first-order chi connectivity index (χ1) is 8.50. The molecule has 2 heterocycles. The van der Waals surface area contributed by atoms with Gasteiger partial charge in [-0.25, -0.2) is 0 Å². The van der Waals surface area contributed by atoms with Crippen molar-refractivity contribution in [3.63, 3.8) is 0 Å². The summed E-state index contributed by atoms with van der Waals surface area (Å²) in [4.78, 5) is 26.2. The van der Waals surface area contributed by atoms with Crippen molar-refractivity contribution < 1.29 is 14.3 Å². The van der Waals surface area contributed by atoms with Crippen molar-refractivity contribution in [1.82, 2.24) is 10.2 Å². The lowest BCUT2D eigenvalue weighted by Gasteiger charge is -2.34. The van der Waals surface area contributed by atoms with E-state index in [1.807, 2.05) is 25.7 Å². The summed E-state index contributed by atoms with van der Waals surface area (Å²) in [6.07, 6.45) is 1.25. The highest BCUT2D eigenvalue weighted by molar-refractivity contribution is 5.90. The van der Waals surface area contributed by atoms with E-state index in [1.165, 1.54) is 0 Å². The van der Waals surface area contributed by atoms with E-state index in [-0.39, 0.29) is 29.8 Å². The molecule has 0 aromatic carbocycles. The van der Waals surface area contributed by atoms with Crippen LogP contribution in [0.5, 0.6) is 0 Å². The third kappa shape index (κ3) is 2.51. The molecule has 3 unspecified atom stereocenters. The van der Waals surface area contributed by atoms with E-state index in [1.54, 1.807) is 0 Å². The monoisotopic (exact) mass is 254 g/mol. The smallest absolute Gasteiger partial charge is 0.245 e. The van der Waals surface area contributed by atoms with Crippen LogP contribution in [0.1, 0.15) is 33.6 Å². The van der Waals surface area contributed by atoms with Crippen molar-refractivity contribution in [2.24, 2.45) is 5.92 Å². The van der Waals surface area contributed by atoms with Gasteiger partial charge in [0.15, 0.2) is 0 Å². The number of carbonyl (C=O) groups is 2. The van der Waals surface area contributed by atoms with Gasteiger partial charge < -0.3 is 15.0 Å². The van der Waals surface area contributed by atoms with Gasteiger partial charge in [-0.3, -0.25) is 9.59 Å². The van der Waals surface area contributed by atoms with Crippen LogP contribution >= 0.6 is 0 Å². The van der Waals surface area contributed by atoms with Crippen molar-refractivity contribution >= 4 is 11.8 Å². The fourth-order valence-electron chi connectivity index (χ4n) is 2.77. The Morgan fingerprint density at radius 3 is 2.67 bits per heavy atom. The lowest BCUT2D eigenvalue weighted by atomic mass is 10.0. The van der Waals surface area contributed by atoms with E-state index in [9.17, 15) is 9.59 Å². The van der Waals surface area contributed by atoms with Gasteiger partial charge in [0.25, 0.3) is 0 Å². The minimum absolute atomic E-state index is 0.0315. The molecule has 5 heteroatoms. The predicted octanol–water partition coefficient (Wildman–Crippen LogP) is 0.537. The van der Waals surface area contributed by atoms with Crippen LogP contribution in [0.15, 0.2) is 0 Å². The molecule has 2 rings (SSSR count). The molecule has 1 N–H and O–H groups in total. The number of nitrogens with one attached hydrogen (secondary N) is 1.